The fourth-order valence-corrected chi connectivity index (χ4v) is 3.23. The predicted molar refractivity (Wildman–Crippen MR) is 108 cm³/mol. The van der Waals surface area contributed by atoms with Gasteiger partial charge in [-0.15, -0.1) is 0 Å². The monoisotopic (exact) mass is 397 g/mol. The van der Waals surface area contributed by atoms with Gasteiger partial charge < -0.3 is 25.4 Å². The van der Waals surface area contributed by atoms with E-state index in [9.17, 15) is 14.4 Å². The first kappa shape index (κ1) is 20.2. The van der Waals surface area contributed by atoms with E-state index < -0.39 is 18.0 Å². The van der Waals surface area contributed by atoms with Crippen molar-refractivity contribution in [1.29, 1.82) is 0 Å². The van der Waals surface area contributed by atoms with Gasteiger partial charge in [0.05, 0.1) is 29.6 Å². The van der Waals surface area contributed by atoms with E-state index in [-0.39, 0.29) is 12.1 Å². The summed E-state index contributed by atoms with van der Waals surface area (Å²) in [4.78, 5) is 37.4. The number of anilines is 2. The Kier molecular flexibility index (Phi) is 6.33. The molecule has 1 fully saturated rings. The molecule has 152 valence electrons. The number of carbonyl (C=O) groups excluding carboxylic acids is 2. The number of nitrogens with zero attached hydrogens (tertiary/aromatic N) is 1. The third-order valence-electron chi connectivity index (χ3n) is 4.77. The predicted octanol–water partition coefficient (Wildman–Crippen LogP) is 3.09. The van der Waals surface area contributed by atoms with Crippen LogP contribution in [0.4, 0.5) is 16.2 Å². The normalized spacial score (nSPS) is 13.1. The molecular weight excluding hydrogens is 374 g/mol. The van der Waals surface area contributed by atoms with E-state index in [1.54, 1.807) is 24.3 Å². The highest BCUT2D eigenvalue weighted by atomic mass is 16.5. The minimum absolute atomic E-state index is 0.188. The van der Waals surface area contributed by atoms with Gasteiger partial charge >= 0.3 is 18.0 Å². The number of carboxylic acid groups (broad SMARTS) is 1. The number of carbonyl (C=O) groups is 3. The van der Waals surface area contributed by atoms with Crippen molar-refractivity contribution in [1.82, 2.24) is 5.32 Å². The first-order valence-electron chi connectivity index (χ1n) is 9.32. The largest absolute Gasteiger partial charge is 0.478 e. The van der Waals surface area contributed by atoms with Gasteiger partial charge in [-0.3, -0.25) is 0 Å². The number of esters is 1. The number of hydrogen-bond acceptors (Lipinski definition) is 5. The summed E-state index contributed by atoms with van der Waals surface area (Å²) in [5, 5.41) is 14.5. The highest BCUT2D eigenvalue weighted by Crippen LogP contribution is 2.30. The summed E-state index contributed by atoms with van der Waals surface area (Å²) in [5.41, 5.74) is 2.71. The van der Waals surface area contributed by atoms with E-state index in [0.29, 0.717) is 11.3 Å². The Morgan fingerprint density at radius 2 is 1.69 bits per heavy atom. The van der Waals surface area contributed by atoms with Crippen molar-refractivity contribution in [3.8, 4) is 0 Å². The fourth-order valence-electron chi connectivity index (χ4n) is 3.23. The topological polar surface area (TPSA) is 108 Å². The van der Waals surface area contributed by atoms with Crippen LogP contribution in [0.5, 0.6) is 0 Å². The summed E-state index contributed by atoms with van der Waals surface area (Å²) in [6, 6.07) is 11.0. The molecule has 1 saturated heterocycles. The number of benzene rings is 2. The molecule has 8 heteroatoms. The molecule has 0 radical (unpaired) electrons. The van der Waals surface area contributed by atoms with Gasteiger partial charge in [0.15, 0.2) is 0 Å². The molecule has 0 unspecified atom stereocenters. The molecule has 3 N–H and O–H groups in total. The van der Waals surface area contributed by atoms with Crippen molar-refractivity contribution >= 4 is 29.3 Å². The van der Waals surface area contributed by atoms with Crippen LogP contribution in [0, 0.1) is 0 Å². The number of aromatic carboxylic acids is 1. The lowest BCUT2D eigenvalue weighted by Gasteiger charge is -2.22. The first-order chi connectivity index (χ1) is 14.0. The van der Waals surface area contributed by atoms with Crippen LogP contribution in [0.3, 0.4) is 0 Å². The van der Waals surface area contributed by atoms with E-state index in [1.807, 2.05) is 6.07 Å². The zero-order valence-electron chi connectivity index (χ0n) is 16.1. The molecule has 2 amide bonds. The lowest BCUT2D eigenvalue weighted by Crippen LogP contribution is -2.29. The molecule has 29 heavy (non-hydrogen) atoms. The van der Waals surface area contributed by atoms with E-state index in [4.69, 9.17) is 9.84 Å². The number of methoxy groups -OCH3 is 1. The summed E-state index contributed by atoms with van der Waals surface area (Å²) < 4.78 is 4.77. The molecule has 1 aliphatic heterocycles. The molecule has 2 aromatic carbocycles. The van der Waals surface area contributed by atoms with E-state index in [2.05, 4.69) is 15.5 Å². The Labute approximate surface area is 168 Å². The van der Waals surface area contributed by atoms with Gasteiger partial charge in [-0.2, -0.15) is 0 Å². The Hall–Kier alpha value is -3.55. The number of hydrogen-bond donors (Lipinski definition) is 3. The molecule has 0 aromatic heterocycles. The quantitative estimate of drug-likeness (QED) is 0.647. The van der Waals surface area contributed by atoms with Crippen molar-refractivity contribution in [3.63, 3.8) is 0 Å². The molecule has 0 aliphatic carbocycles. The average molecular weight is 397 g/mol. The minimum Gasteiger partial charge on any atom is -0.478 e. The summed E-state index contributed by atoms with van der Waals surface area (Å²) in [7, 11) is 1.31. The maximum absolute atomic E-state index is 12.4. The van der Waals surface area contributed by atoms with Crippen molar-refractivity contribution in [2.45, 2.75) is 19.4 Å². The van der Waals surface area contributed by atoms with Crippen LogP contribution in [-0.2, 0) is 11.3 Å². The molecule has 2 aromatic rings. The van der Waals surface area contributed by atoms with Gasteiger partial charge in [0.25, 0.3) is 0 Å². The Balaban J connectivity index is 1.70. The second kappa shape index (κ2) is 9.09. The number of urea groups is 1. The minimum atomic E-state index is -0.998. The number of nitrogens with one attached hydrogen (secondary N) is 2. The second-order valence-electron chi connectivity index (χ2n) is 6.73. The van der Waals surface area contributed by atoms with Gasteiger partial charge in [0.2, 0.25) is 0 Å². The Morgan fingerprint density at radius 3 is 2.31 bits per heavy atom. The molecule has 0 spiro atoms. The number of carboxylic acids is 1. The molecule has 1 heterocycles. The van der Waals surface area contributed by atoms with Gasteiger partial charge in [-0.25, -0.2) is 14.4 Å². The van der Waals surface area contributed by atoms with Crippen LogP contribution in [0.15, 0.2) is 42.5 Å². The first-order valence-corrected chi connectivity index (χ1v) is 9.32. The molecule has 0 atom stereocenters. The Morgan fingerprint density at radius 1 is 1.03 bits per heavy atom. The lowest BCUT2D eigenvalue weighted by atomic mass is 10.1. The highest BCUT2D eigenvalue weighted by Gasteiger charge is 2.19. The smallest absolute Gasteiger partial charge is 0.337 e. The lowest BCUT2D eigenvalue weighted by molar-refractivity contribution is 0.0600. The van der Waals surface area contributed by atoms with Crippen LogP contribution in [0.2, 0.25) is 0 Å². The van der Waals surface area contributed by atoms with Crippen LogP contribution in [0.25, 0.3) is 0 Å². The Bertz CT molecular complexity index is 905. The van der Waals surface area contributed by atoms with Crippen molar-refractivity contribution in [2.75, 3.05) is 30.4 Å². The molecular formula is C21H23N3O5. The third kappa shape index (κ3) is 5.04. The van der Waals surface area contributed by atoms with Gasteiger partial charge in [-0.05, 0) is 48.7 Å². The van der Waals surface area contributed by atoms with Gasteiger partial charge in [0.1, 0.15) is 0 Å². The number of ether oxygens (including phenoxy) is 1. The van der Waals surface area contributed by atoms with Crippen molar-refractivity contribution in [3.05, 3.63) is 59.2 Å². The summed E-state index contributed by atoms with van der Waals surface area (Å²) in [6.45, 7) is 2.02. The van der Waals surface area contributed by atoms with E-state index in [0.717, 1.165) is 37.2 Å². The van der Waals surface area contributed by atoms with Crippen molar-refractivity contribution < 1.29 is 24.2 Å². The van der Waals surface area contributed by atoms with Gasteiger partial charge in [0, 0.05) is 19.6 Å². The van der Waals surface area contributed by atoms with Crippen molar-refractivity contribution in [2.24, 2.45) is 0 Å². The summed E-state index contributed by atoms with van der Waals surface area (Å²) >= 11 is 0. The molecule has 0 saturated carbocycles. The third-order valence-corrected chi connectivity index (χ3v) is 4.77. The number of rotatable bonds is 6. The maximum Gasteiger partial charge on any atom is 0.337 e. The highest BCUT2D eigenvalue weighted by molar-refractivity contribution is 5.97. The fraction of sp³-hybridized carbons (Fsp3) is 0.286. The average Bonchev–Trinajstić information content (AvgIpc) is 3.26. The zero-order chi connectivity index (χ0) is 20.8. The zero-order valence-corrected chi connectivity index (χ0v) is 16.1. The number of amides is 2. The summed E-state index contributed by atoms with van der Waals surface area (Å²) in [5.74, 6) is -1.47. The van der Waals surface area contributed by atoms with Crippen LogP contribution >= 0.6 is 0 Å². The molecule has 1 aliphatic rings. The molecule has 0 bridgehead atoms. The van der Waals surface area contributed by atoms with Crippen LogP contribution in [-0.4, -0.2) is 43.3 Å². The standard InChI is InChI=1S/C21H23N3O5/c1-29-20(27)16-8-9-18(24-10-2-3-11-24)17(12-16)23-21(28)22-13-14-4-6-15(7-5-14)19(25)26/h4-9,12H,2-3,10-11,13H2,1H3,(H,25,26)(H2,22,23,28). The molecule has 3 rings (SSSR count). The van der Waals surface area contributed by atoms with Crippen LogP contribution < -0.4 is 15.5 Å². The maximum atomic E-state index is 12.4. The summed E-state index contributed by atoms with van der Waals surface area (Å²) in [6.07, 6.45) is 2.16. The SMILES string of the molecule is COC(=O)c1ccc(N2CCCC2)c(NC(=O)NCc2ccc(C(=O)O)cc2)c1. The van der Waals surface area contributed by atoms with E-state index >= 15 is 0 Å². The molecule has 8 nitrogen and oxygen atoms in total. The van der Waals surface area contributed by atoms with Gasteiger partial charge in [-0.1, -0.05) is 12.1 Å². The second-order valence-corrected chi connectivity index (χ2v) is 6.73. The van der Waals surface area contributed by atoms with Crippen LogP contribution in [0.1, 0.15) is 39.1 Å². The van der Waals surface area contributed by atoms with E-state index in [1.165, 1.54) is 19.2 Å².